The van der Waals surface area contributed by atoms with E-state index in [9.17, 15) is 0 Å². The summed E-state index contributed by atoms with van der Waals surface area (Å²) in [7, 11) is 3.73. The Morgan fingerprint density at radius 2 is 2.30 bits per heavy atom. The molecule has 8 nitrogen and oxygen atoms in total. The van der Waals surface area contributed by atoms with Crippen molar-refractivity contribution in [3.05, 3.63) is 29.7 Å². The van der Waals surface area contributed by atoms with Gasteiger partial charge in [0.05, 0.1) is 13.1 Å². The van der Waals surface area contributed by atoms with Gasteiger partial charge in [0.15, 0.2) is 11.8 Å². The Morgan fingerprint density at radius 1 is 1.43 bits per heavy atom. The van der Waals surface area contributed by atoms with E-state index in [1.165, 1.54) is 12.8 Å². The van der Waals surface area contributed by atoms with E-state index in [1.807, 2.05) is 18.0 Å². The van der Waals surface area contributed by atoms with Crippen molar-refractivity contribution in [1.29, 1.82) is 0 Å². The Labute approximate surface area is 152 Å². The number of hydrogen-bond donors (Lipinski definition) is 1. The molecule has 1 aliphatic rings. The zero-order chi connectivity index (χ0) is 15.4. The van der Waals surface area contributed by atoms with Crippen molar-refractivity contribution < 1.29 is 4.52 Å². The molecule has 3 rings (SSSR count). The van der Waals surface area contributed by atoms with Crippen LogP contribution in [0.5, 0.6) is 0 Å². The molecule has 9 heteroatoms. The van der Waals surface area contributed by atoms with E-state index in [-0.39, 0.29) is 24.0 Å². The minimum Gasteiger partial charge on any atom is -0.364 e. The number of hydrogen-bond acceptors (Lipinski definition) is 5. The van der Waals surface area contributed by atoms with Gasteiger partial charge in [0.25, 0.3) is 0 Å². The van der Waals surface area contributed by atoms with Gasteiger partial charge >= 0.3 is 0 Å². The highest BCUT2D eigenvalue weighted by molar-refractivity contribution is 14.0. The second-order valence-corrected chi connectivity index (χ2v) is 5.39. The molecule has 0 fully saturated rings. The van der Waals surface area contributed by atoms with Gasteiger partial charge in [-0.15, -0.1) is 34.2 Å². The van der Waals surface area contributed by atoms with Crippen molar-refractivity contribution in [2.45, 2.75) is 38.9 Å². The number of aromatic nitrogens is 4. The monoisotopic (exact) mass is 431 g/mol. The summed E-state index contributed by atoms with van der Waals surface area (Å²) in [5.74, 6) is 2.84. The summed E-state index contributed by atoms with van der Waals surface area (Å²) in [6.07, 6.45) is 4.99. The molecular formula is C14H22IN7O. The zero-order valence-corrected chi connectivity index (χ0v) is 15.7. The van der Waals surface area contributed by atoms with Crippen LogP contribution < -0.4 is 5.32 Å². The molecule has 0 unspecified atom stereocenters. The van der Waals surface area contributed by atoms with E-state index in [0.29, 0.717) is 13.1 Å². The maximum Gasteiger partial charge on any atom is 0.194 e. The SMILES string of the molecule is CN=C(NCc1nnc2n1CCCC2)N(C)Cc1ccon1.I. The van der Waals surface area contributed by atoms with E-state index < -0.39 is 0 Å². The first-order chi connectivity index (χ1) is 10.8. The number of fused-ring (bicyclic) bond motifs is 1. The van der Waals surface area contributed by atoms with Gasteiger partial charge < -0.3 is 19.3 Å². The Morgan fingerprint density at radius 3 is 3.04 bits per heavy atom. The minimum absolute atomic E-state index is 0. The number of aryl methyl sites for hydroxylation is 1. The van der Waals surface area contributed by atoms with Crippen LogP contribution in [0.2, 0.25) is 0 Å². The van der Waals surface area contributed by atoms with Crippen molar-refractivity contribution >= 4 is 29.9 Å². The third-order valence-corrected chi connectivity index (χ3v) is 3.80. The van der Waals surface area contributed by atoms with Gasteiger partial charge in [0.1, 0.15) is 17.8 Å². The van der Waals surface area contributed by atoms with Gasteiger partial charge in [0, 0.05) is 33.1 Å². The molecular weight excluding hydrogens is 409 g/mol. The quantitative estimate of drug-likeness (QED) is 0.448. The smallest absolute Gasteiger partial charge is 0.194 e. The lowest BCUT2D eigenvalue weighted by molar-refractivity contribution is 0.390. The number of guanidine groups is 1. The molecule has 0 amide bonds. The first-order valence-electron chi connectivity index (χ1n) is 7.50. The molecule has 3 heterocycles. The predicted octanol–water partition coefficient (Wildman–Crippen LogP) is 1.43. The molecule has 0 saturated carbocycles. The number of halogens is 1. The van der Waals surface area contributed by atoms with E-state index >= 15 is 0 Å². The lowest BCUT2D eigenvalue weighted by atomic mass is 10.2. The lowest BCUT2D eigenvalue weighted by Crippen LogP contribution is -2.38. The zero-order valence-electron chi connectivity index (χ0n) is 13.4. The average Bonchev–Trinajstić information content (AvgIpc) is 3.18. The van der Waals surface area contributed by atoms with Crippen LogP contribution >= 0.6 is 24.0 Å². The number of nitrogens with one attached hydrogen (secondary N) is 1. The molecule has 1 N–H and O–H groups in total. The summed E-state index contributed by atoms with van der Waals surface area (Å²) >= 11 is 0. The van der Waals surface area contributed by atoms with Crippen molar-refractivity contribution in [1.82, 2.24) is 30.1 Å². The molecule has 0 bridgehead atoms. The molecule has 2 aromatic heterocycles. The van der Waals surface area contributed by atoms with E-state index in [0.717, 1.165) is 36.3 Å². The van der Waals surface area contributed by atoms with E-state index in [1.54, 1.807) is 13.3 Å². The Balaban J connectivity index is 0.00000192. The van der Waals surface area contributed by atoms with Crippen LogP contribution in [-0.2, 0) is 26.1 Å². The largest absolute Gasteiger partial charge is 0.364 e. The van der Waals surface area contributed by atoms with Crippen LogP contribution in [0.4, 0.5) is 0 Å². The van der Waals surface area contributed by atoms with Crippen LogP contribution in [0.25, 0.3) is 0 Å². The summed E-state index contributed by atoms with van der Waals surface area (Å²) < 4.78 is 7.06. The minimum atomic E-state index is 0. The van der Waals surface area contributed by atoms with Gasteiger partial charge in [-0.05, 0) is 12.8 Å². The average molecular weight is 431 g/mol. The molecule has 2 aromatic rings. The first-order valence-corrected chi connectivity index (χ1v) is 7.50. The van der Waals surface area contributed by atoms with Gasteiger partial charge in [-0.1, -0.05) is 5.16 Å². The highest BCUT2D eigenvalue weighted by Gasteiger charge is 2.16. The van der Waals surface area contributed by atoms with E-state index in [4.69, 9.17) is 4.52 Å². The molecule has 0 aliphatic carbocycles. The summed E-state index contributed by atoms with van der Waals surface area (Å²) in [4.78, 5) is 6.29. The van der Waals surface area contributed by atoms with Crippen LogP contribution in [0, 0.1) is 0 Å². The predicted molar refractivity (Wildman–Crippen MR) is 96.5 cm³/mol. The molecule has 0 spiro atoms. The molecule has 0 aromatic carbocycles. The Kier molecular flexibility index (Phi) is 6.37. The van der Waals surface area contributed by atoms with Gasteiger partial charge in [-0.25, -0.2) is 0 Å². The maximum atomic E-state index is 4.85. The van der Waals surface area contributed by atoms with Gasteiger partial charge in [-0.2, -0.15) is 0 Å². The highest BCUT2D eigenvalue weighted by atomic mass is 127. The fourth-order valence-corrected chi connectivity index (χ4v) is 2.68. The number of aliphatic imine (C=N–C) groups is 1. The molecule has 0 radical (unpaired) electrons. The third-order valence-electron chi connectivity index (χ3n) is 3.80. The molecule has 126 valence electrons. The standard InChI is InChI=1S/C14H21N7O.HI/c1-15-14(20(2)10-11-6-8-22-19-11)16-9-13-18-17-12-5-3-4-7-21(12)13;/h6,8H,3-5,7,9-10H2,1-2H3,(H,15,16);1H. The first kappa shape index (κ1) is 17.7. The molecule has 1 aliphatic heterocycles. The van der Waals surface area contributed by atoms with Crippen molar-refractivity contribution in [2.75, 3.05) is 14.1 Å². The summed E-state index contributed by atoms with van der Waals surface area (Å²) in [6.45, 7) is 2.25. The van der Waals surface area contributed by atoms with Crippen LogP contribution in [0.15, 0.2) is 21.8 Å². The summed E-state index contributed by atoms with van der Waals surface area (Å²) in [5, 5.41) is 15.8. The van der Waals surface area contributed by atoms with Crippen molar-refractivity contribution in [2.24, 2.45) is 4.99 Å². The fraction of sp³-hybridized carbons (Fsp3) is 0.571. The number of nitrogens with zero attached hydrogens (tertiary/aromatic N) is 6. The van der Waals surface area contributed by atoms with E-state index in [2.05, 4.69) is 30.2 Å². The van der Waals surface area contributed by atoms with Crippen LogP contribution in [-0.4, -0.2) is 44.9 Å². The molecule has 23 heavy (non-hydrogen) atoms. The second-order valence-electron chi connectivity index (χ2n) is 5.39. The summed E-state index contributed by atoms with van der Waals surface area (Å²) in [5.41, 5.74) is 0.866. The van der Waals surface area contributed by atoms with Gasteiger partial charge in [-0.3, -0.25) is 4.99 Å². The topological polar surface area (TPSA) is 84.4 Å². The Hall–Kier alpha value is -1.65. The summed E-state index contributed by atoms with van der Waals surface area (Å²) in [6, 6.07) is 1.85. The maximum absolute atomic E-state index is 4.85. The second kappa shape index (κ2) is 8.27. The molecule has 0 saturated heterocycles. The highest BCUT2D eigenvalue weighted by Crippen LogP contribution is 2.14. The van der Waals surface area contributed by atoms with Crippen LogP contribution in [0.1, 0.15) is 30.2 Å². The normalized spacial score (nSPS) is 14.1. The van der Waals surface area contributed by atoms with Crippen LogP contribution in [0.3, 0.4) is 0 Å². The Bertz CT molecular complexity index is 638. The fourth-order valence-electron chi connectivity index (χ4n) is 2.68. The molecule has 0 atom stereocenters. The third kappa shape index (κ3) is 4.21. The van der Waals surface area contributed by atoms with Crippen molar-refractivity contribution in [3.8, 4) is 0 Å². The van der Waals surface area contributed by atoms with Gasteiger partial charge in [0.2, 0.25) is 0 Å². The van der Waals surface area contributed by atoms with Crippen molar-refractivity contribution in [3.63, 3.8) is 0 Å². The lowest BCUT2D eigenvalue weighted by Gasteiger charge is -2.21. The number of rotatable bonds is 4.